The summed E-state index contributed by atoms with van der Waals surface area (Å²) in [6, 6.07) is 114. The van der Waals surface area contributed by atoms with Gasteiger partial charge in [0.1, 0.15) is 5.75 Å². The smallest absolute Gasteiger partial charge is 0.270 e. The Morgan fingerprint density at radius 3 is 0.819 bits per heavy atom. The maximum atomic E-state index is 12.9. The van der Waals surface area contributed by atoms with Crippen LogP contribution in [0.5, 0.6) is 5.75 Å². The molecule has 0 bridgehead atoms. The van der Waals surface area contributed by atoms with Gasteiger partial charge in [-0.25, -0.2) is 20.2 Å². The van der Waals surface area contributed by atoms with Crippen LogP contribution in [0.3, 0.4) is 0 Å². The number of hydrogen-bond donors (Lipinski definition) is 0. The number of anilines is 6. The van der Waals surface area contributed by atoms with Crippen molar-refractivity contribution in [2.75, 3.05) is 9.80 Å². The van der Waals surface area contributed by atoms with Crippen molar-refractivity contribution in [1.82, 2.24) is 0 Å². The Hall–Kier alpha value is -14.3. The van der Waals surface area contributed by atoms with Crippen molar-refractivity contribution in [2.24, 2.45) is 0 Å². The third kappa shape index (κ3) is 18.5. The Labute approximate surface area is 776 Å². The van der Waals surface area contributed by atoms with Crippen LogP contribution in [0.15, 0.2) is 360 Å². The minimum Gasteiger partial charge on any atom is -0.452 e. The number of ether oxygens (including phenoxy) is 1. The molecule has 10 aromatic heterocycles. The van der Waals surface area contributed by atoms with Crippen LogP contribution in [0.4, 0.5) is 34.1 Å². The molecule has 18 heteroatoms. The van der Waals surface area contributed by atoms with E-state index in [2.05, 4.69) is 357 Å². The van der Waals surface area contributed by atoms with Gasteiger partial charge in [-0.05, 0) is 308 Å². The first-order valence-electron chi connectivity index (χ1n) is 40.2. The van der Waals surface area contributed by atoms with Gasteiger partial charge in [-0.15, -0.1) is 113 Å². The molecule has 18 aromatic rings. The summed E-state index contributed by atoms with van der Waals surface area (Å²) in [4.78, 5) is 43.3. The third-order valence-electron chi connectivity index (χ3n) is 21.1. The molecule has 0 radical (unpaired) electrons. The van der Waals surface area contributed by atoms with Gasteiger partial charge in [-0.3, -0.25) is 4.79 Å². The number of carbonyl (C=O) groups excluding carboxylic acids is 1. The summed E-state index contributed by atoms with van der Waals surface area (Å²) in [7, 11) is 0. The number of allylic oxidation sites excluding steroid dienone is 6. The Balaban J connectivity index is 0.000000167. The van der Waals surface area contributed by atoms with E-state index in [1.807, 2.05) is 72.8 Å². The van der Waals surface area contributed by atoms with Crippen LogP contribution in [0.2, 0.25) is 0 Å². The van der Waals surface area contributed by atoms with E-state index in [0.717, 1.165) is 75.9 Å². The van der Waals surface area contributed by atoms with Gasteiger partial charge in [0.05, 0.1) is 30.8 Å². The molecule has 0 spiro atoms. The van der Waals surface area contributed by atoms with E-state index in [-0.39, 0.29) is 17.2 Å². The van der Waals surface area contributed by atoms with Crippen molar-refractivity contribution in [1.29, 1.82) is 10.5 Å². The molecular weight excluding hydrogens is 1750 g/mol. The molecule has 0 saturated heterocycles. The summed E-state index contributed by atoms with van der Waals surface area (Å²) in [5, 5.41) is 28.4. The summed E-state index contributed by atoms with van der Waals surface area (Å²) >= 11 is 17.3. The van der Waals surface area contributed by atoms with Crippen LogP contribution >= 0.6 is 113 Å². The number of nitrogens with zero attached hydrogens (tertiary/aromatic N) is 6. The predicted octanol–water partition coefficient (Wildman–Crippen LogP) is 34.6. The molecule has 0 fully saturated rings. The Kier molecular flexibility index (Phi) is 24.7. The van der Waals surface area contributed by atoms with Crippen molar-refractivity contribution < 1.29 is 9.53 Å². The number of hydrogen-bond acceptors (Lipinski definition) is 16. The van der Waals surface area contributed by atoms with Crippen LogP contribution in [-0.4, -0.2) is 5.78 Å². The molecule has 0 N–H and O–H groups in total. The van der Waals surface area contributed by atoms with Crippen LogP contribution in [0, 0.1) is 35.8 Å². The van der Waals surface area contributed by atoms with Crippen LogP contribution in [0.25, 0.3) is 144 Å². The standard InChI is InChI=1S/C58H33N5S5.C51H33NO2S5/c1-61-52(36-59)57-49-9-3-4-10-50(49)58(53(37-60)62-2)51(57)35-48-29-32-56(68-48)40-15-21-43(22-16-40)63(41-17-11-38(12-18-41)54-30-27-46(66-54)25-23-44-7-5-33-64-44)42-19-13-39(14-20-42)55-31-28-47(67-55)26-24-45-8-6-34-65-45;53-51-45-7-1-2-8-46(45)54-47(51)33-44-27-30-50(59-44)36-13-19-39(20-14-36)52(37-15-9-34(10-16-37)48-28-25-42(57-48)23-21-40-5-3-31-55-40)38-17-11-35(12-18-38)49-29-26-43(58-49)24-22-41-6-4-32-56-41/h3-35H;1-33H/b25-23+,26-24+,57-52-,58-53-;23-21+,24-22+,47-33+. The second-order valence-corrected chi connectivity index (χ2v) is 39.6. The zero-order valence-corrected chi connectivity index (χ0v) is 75.4. The first-order valence-corrected chi connectivity index (χ1v) is 48.6. The lowest BCUT2D eigenvalue weighted by molar-refractivity contribution is 0.101. The van der Waals surface area contributed by atoms with Crippen molar-refractivity contribution in [2.45, 2.75) is 0 Å². The Morgan fingerprint density at radius 1 is 0.291 bits per heavy atom. The fourth-order valence-electron chi connectivity index (χ4n) is 15.0. The number of ketones is 1. The second-order valence-electron chi connectivity index (χ2n) is 29.0. The molecule has 604 valence electrons. The number of nitriles is 2. The fraction of sp³-hybridized carbons (Fsp3) is 0. The van der Waals surface area contributed by atoms with Gasteiger partial charge in [0, 0.05) is 129 Å². The minimum atomic E-state index is -0.0840. The van der Waals surface area contributed by atoms with E-state index in [9.17, 15) is 15.3 Å². The van der Waals surface area contributed by atoms with E-state index >= 15 is 0 Å². The van der Waals surface area contributed by atoms with Gasteiger partial charge in [0.15, 0.2) is 5.76 Å². The van der Waals surface area contributed by atoms with E-state index in [4.69, 9.17) is 17.9 Å². The van der Waals surface area contributed by atoms with Crippen LogP contribution in [-0.2, 0) is 0 Å². The maximum Gasteiger partial charge on any atom is 0.270 e. The molecular formula is C109H66N6O2S10. The second kappa shape index (κ2) is 38.0. The molecule has 20 rings (SSSR count). The molecule has 0 unspecified atom stereocenters. The van der Waals surface area contributed by atoms with Crippen molar-refractivity contribution >= 4 is 225 Å². The van der Waals surface area contributed by atoms with Gasteiger partial charge < -0.3 is 14.5 Å². The summed E-state index contributed by atoms with van der Waals surface area (Å²) in [5.74, 6) is 0.894. The van der Waals surface area contributed by atoms with E-state index in [0.29, 0.717) is 44.9 Å². The largest absolute Gasteiger partial charge is 0.452 e. The molecule has 0 atom stereocenters. The monoisotopic (exact) mass is 1810 g/mol. The quantitative estimate of drug-likeness (QED) is 0.0382. The number of benzene rings is 8. The Morgan fingerprint density at radius 2 is 0.551 bits per heavy atom. The lowest BCUT2D eigenvalue weighted by Crippen LogP contribution is -2.09. The lowest BCUT2D eigenvalue weighted by atomic mass is 9.99. The van der Waals surface area contributed by atoms with Gasteiger partial charge in [0.2, 0.25) is 5.78 Å². The highest BCUT2D eigenvalue weighted by molar-refractivity contribution is 7.18. The molecule has 8 nitrogen and oxygen atoms in total. The highest BCUT2D eigenvalue weighted by atomic mass is 32.1. The minimum absolute atomic E-state index is 0.0784. The number of carbonyl (C=O) groups is 1. The SMILES string of the molecule is O=C1/C(=C\c2ccc(-c3ccc(N(c4ccc(-c5ccc(/C=C/c6cccs6)s5)cc4)c4ccc(-c5ccc(/C=C/c6cccs6)s5)cc4)cc3)s2)Oc2ccccc21.[C-]#[N+]/C(C#N)=C1\C(=Cc2ccc(-c3ccc(N(c4ccc(-c5ccc(/C=C/c6cccs6)s5)cc4)c4ccc(-c5ccc(/C=C/c6cccs6)s5)cc4)cc3)s2)/C(=C(/C#N)[N+]#[C-])c2ccccc21. The molecule has 8 aromatic carbocycles. The first-order chi connectivity index (χ1) is 62.6. The zero-order chi connectivity index (χ0) is 85.9. The van der Waals surface area contributed by atoms with Gasteiger partial charge >= 0.3 is 0 Å². The summed E-state index contributed by atoms with van der Waals surface area (Å²) in [5.41, 5.74) is 16.3. The van der Waals surface area contributed by atoms with Gasteiger partial charge in [0.25, 0.3) is 11.4 Å². The number of Topliss-reactive ketones (excluding diaryl/α,β-unsaturated/α-hetero) is 1. The summed E-state index contributed by atoms with van der Waals surface area (Å²) in [6.07, 6.45) is 21.2. The van der Waals surface area contributed by atoms with Crippen molar-refractivity contribution in [3.05, 3.63) is 448 Å². The van der Waals surface area contributed by atoms with E-state index < -0.39 is 0 Å². The molecule has 127 heavy (non-hydrogen) atoms. The number of para-hydroxylation sites is 1. The molecule has 0 amide bonds. The van der Waals surface area contributed by atoms with Gasteiger partial charge in [-0.1, -0.05) is 133 Å². The van der Waals surface area contributed by atoms with Crippen molar-refractivity contribution in [3.8, 4) is 80.5 Å². The number of thiophene rings is 10. The van der Waals surface area contributed by atoms with Gasteiger partial charge in [-0.2, -0.15) is 0 Å². The molecule has 2 aliphatic rings. The maximum absolute atomic E-state index is 12.9. The average Bonchev–Trinajstić information content (AvgIpc) is 1.59. The summed E-state index contributed by atoms with van der Waals surface area (Å²) < 4.78 is 5.89. The zero-order valence-electron chi connectivity index (χ0n) is 67.2. The molecule has 1 aliphatic heterocycles. The number of rotatable bonds is 22. The van der Waals surface area contributed by atoms with E-state index in [1.54, 1.807) is 113 Å². The first kappa shape index (κ1) is 82.3. The normalized spacial score (nSPS) is 13.3. The average molecular weight is 1810 g/mol. The summed E-state index contributed by atoms with van der Waals surface area (Å²) in [6.45, 7) is 15.6. The highest BCUT2D eigenvalue weighted by Gasteiger charge is 2.33. The van der Waals surface area contributed by atoms with Crippen molar-refractivity contribution in [3.63, 3.8) is 0 Å². The molecule has 11 heterocycles. The fourth-order valence-corrected chi connectivity index (χ4v) is 23.0. The highest BCUT2D eigenvalue weighted by Crippen LogP contribution is 2.51. The molecule has 1 aliphatic carbocycles. The topological polar surface area (TPSA) is 89.1 Å². The Bertz CT molecular complexity index is 7130. The lowest BCUT2D eigenvalue weighted by Gasteiger charge is -2.26. The van der Waals surface area contributed by atoms with Crippen LogP contribution in [0.1, 0.15) is 70.3 Å². The molecule has 0 saturated carbocycles. The van der Waals surface area contributed by atoms with Crippen LogP contribution < -0.4 is 14.5 Å². The third-order valence-corrected chi connectivity index (χ3v) is 31.0. The number of fused-ring (bicyclic) bond motifs is 2. The van der Waals surface area contributed by atoms with E-state index in [1.165, 1.54) is 69.7 Å². The predicted molar refractivity (Wildman–Crippen MR) is 547 cm³/mol.